The smallest absolute Gasteiger partial charge is 0.244 e. The van der Waals surface area contributed by atoms with E-state index in [-0.39, 0.29) is 17.9 Å². The van der Waals surface area contributed by atoms with Crippen LogP contribution in [-0.2, 0) is 9.59 Å². The molecule has 1 fully saturated rings. The Morgan fingerprint density at radius 2 is 2.38 bits per heavy atom. The molecule has 1 heterocycles. The van der Waals surface area contributed by atoms with E-state index in [1.807, 2.05) is 6.92 Å². The molecular weight excluding hydrogens is 206 g/mol. The predicted octanol–water partition coefficient (Wildman–Crippen LogP) is -0.292. The molecule has 92 valence electrons. The van der Waals surface area contributed by atoms with E-state index in [0.717, 1.165) is 13.0 Å². The number of rotatable bonds is 5. The van der Waals surface area contributed by atoms with Crippen LogP contribution in [0, 0.1) is 5.92 Å². The first kappa shape index (κ1) is 13.0. The molecule has 0 aliphatic carbocycles. The van der Waals surface area contributed by atoms with Gasteiger partial charge in [0.05, 0.1) is 0 Å². The van der Waals surface area contributed by atoms with Crippen molar-refractivity contribution in [3.8, 4) is 0 Å². The predicted molar refractivity (Wildman–Crippen MR) is 61.6 cm³/mol. The van der Waals surface area contributed by atoms with Gasteiger partial charge < -0.3 is 16.0 Å². The van der Waals surface area contributed by atoms with Crippen molar-refractivity contribution in [1.29, 1.82) is 0 Å². The largest absolute Gasteiger partial charge is 0.344 e. The highest BCUT2D eigenvalue weighted by molar-refractivity contribution is 5.88. The first-order chi connectivity index (χ1) is 7.54. The van der Waals surface area contributed by atoms with Gasteiger partial charge in [-0.2, -0.15) is 0 Å². The third-order valence-corrected chi connectivity index (χ3v) is 3.03. The second-order valence-electron chi connectivity index (χ2n) is 4.55. The minimum absolute atomic E-state index is 0.0141. The normalized spacial score (nSPS) is 22.3. The van der Waals surface area contributed by atoms with Crippen molar-refractivity contribution in [2.24, 2.45) is 11.7 Å². The third kappa shape index (κ3) is 3.48. The number of nitrogens with two attached hydrogens (primary N) is 1. The minimum atomic E-state index is -0.314. The molecule has 1 saturated heterocycles. The van der Waals surface area contributed by atoms with E-state index in [1.54, 1.807) is 11.9 Å². The molecular formula is C11H21N3O2. The SMILES string of the molecule is CC(CN)CCC(=O)NC1CCN(C)C1=O. The Kier molecular flexibility index (Phi) is 4.73. The van der Waals surface area contributed by atoms with E-state index in [4.69, 9.17) is 5.73 Å². The zero-order valence-electron chi connectivity index (χ0n) is 10.0. The van der Waals surface area contributed by atoms with Crippen molar-refractivity contribution < 1.29 is 9.59 Å². The highest BCUT2D eigenvalue weighted by atomic mass is 16.2. The molecule has 3 N–H and O–H groups in total. The maximum Gasteiger partial charge on any atom is 0.244 e. The second kappa shape index (κ2) is 5.84. The Morgan fingerprint density at radius 1 is 1.69 bits per heavy atom. The van der Waals surface area contributed by atoms with Crippen molar-refractivity contribution in [2.75, 3.05) is 20.1 Å². The monoisotopic (exact) mass is 227 g/mol. The van der Waals surface area contributed by atoms with Gasteiger partial charge in [-0.1, -0.05) is 6.92 Å². The summed E-state index contributed by atoms with van der Waals surface area (Å²) in [5, 5.41) is 2.77. The molecule has 0 saturated carbocycles. The fraction of sp³-hybridized carbons (Fsp3) is 0.818. The van der Waals surface area contributed by atoms with Crippen molar-refractivity contribution in [3.63, 3.8) is 0 Å². The number of hydrogen-bond donors (Lipinski definition) is 2. The average Bonchev–Trinajstić information content (AvgIpc) is 2.57. The molecule has 5 nitrogen and oxygen atoms in total. The molecule has 5 heteroatoms. The fourth-order valence-electron chi connectivity index (χ4n) is 1.72. The molecule has 0 aromatic carbocycles. The van der Waals surface area contributed by atoms with Crippen LogP contribution in [0.25, 0.3) is 0 Å². The molecule has 2 atom stereocenters. The zero-order chi connectivity index (χ0) is 12.1. The van der Waals surface area contributed by atoms with Crippen LogP contribution in [0.4, 0.5) is 0 Å². The van der Waals surface area contributed by atoms with E-state index >= 15 is 0 Å². The van der Waals surface area contributed by atoms with Gasteiger partial charge in [0, 0.05) is 20.0 Å². The number of amides is 2. The van der Waals surface area contributed by atoms with Crippen LogP contribution in [0.15, 0.2) is 0 Å². The van der Waals surface area contributed by atoms with Gasteiger partial charge in [0.25, 0.3) is 0 Å². The molecule has 0 aromatic heterocycles. The van der Waals surface area contributed by atoms with Gasteiger partial charge in [-0.05, 0) is 25.3 Å². The molecule has 1 aliphatic rings. The molecule has 1 rings (SSSR count). The zero-order valence-corrected chi connectivity index (χ0v) is 10.0. The number of nitrogens with one attached hydrogen (secondary N) is 1. The lowest BCUT2D eigenvalue weighted by Gasteiger charge is -2.13. The number of carbonyl (C=O) groups is 2. The van der Waals surface area contributed by atoms with Crippen molar-refractivity contribution >= 4 is 11.8 Å². The van der Waals surface area contributed by atoms with Crippen molar-refractivity contribution in [3.05, 3.63) is 0 Å². The van der Waals surface area contributed by atoms with E-state index in [2.05, 4.69) is 5.32 Å². The van der Waals surface area contributed by atoms with E-state index in [1.165, 1.54) is 0 Å². The molecule has 0 bridgehead atoms. The van der Waals surface area contributed by atoms with E-state index in [0.29, 0.717) is 25.3 Å². The lowest BCUT2D eigenvalue weighted by atomic mass is 10.1. The van der Waals surface area contributed by atoms with Crippen molar-refractivity contribution in [2.45, 2.75) is 32.2 Å². The van der Waals surface area contributed by atoms with Gasteiger partial charge in [-0.25, -0.2) is 0 Å². The Labute approximate surface area is 96.4 Å². The van der Waals surface area contributed by atoms with Crippen LogP contribution >= 0.6 is 0 Å². The lowest BCUT2D eigenvalue weighted by Crippen LogP contribution is -2.40. The summed E-state index contributed by atoms with van der Waals surface area (Å²) in [6, 6.07) is -0.314. The van der Waals surface area contributed by atoms with Crippen LogP contribution in [0.3, 0.4) is 0 Å². The van der Waals surface area contributed by atoms with Crippen LogP contribution in [0.2, 0.25) is 0 Å². The summed E-state index contributed by atoms with van der Waals surface area (Å²) in [4.78, 5) is 24.7. The molecule has 0 aromatic rings. The average molecular weight is 227 g/mol. The maximum absolute atomic E-state index is 11.5. The van der Waals surface area contributed by atoms with Crippen LogP contribution < -0.4 is 11.1 Å². The Morgan fingerprint density at radius 3 is 2.88 bits per heavy atom. The summed E-state index contributed by atoms with van der Waals surface area (Å²) in [6.07, 6.45) is 1.94. The summed E-state index contributed by atoms with van der Waals surface area (Å²) in [5.41, 5.74) is 5.47. The quantitative estimate of drug-likeness (QED) is 0.677. The van der Waals surface area contributed by atoms with Gasteiger partial charge in [0.1, 0.15) is 6.04 Å². The van der Waals surface area contributed by atoms with E-state index < -0.39 is 0 Å². The standard InChI is InChI=1S/C11H21N3O2/c1-8(7-12)3-4-10(15)13-9-5-6-14(2)11(9)16/h8-9H,3-7,12H2,1-2H3,(H,13,15). The first-order valence-corrected chi connectivity index (χ1v) is 5.79. The molecule has 0 spiro atoms. The Bertz CT molecular complexity index is 268. The van der Waals surface area contributed by atoms with Crippen LogP contribution in [-0.4, -0.2) is 42.9 Å². The van der Waals surface area contributed by atoms with Gasteiger partial charge in [-0.15, -0.1) is 0 Å². The lowest BCUT2D eigenvalue weighted by molar-refractivity contribution is -0.131. The first-order valence-electron chi connectivity index (χ1n) is 5.79. The van der Waals surface area contributed by atoms with Gasteiger partial charge in [0.15, 0.2) is 0 Å². The minimum Gasteiger partial charge on any atom is -0.344 e. The Hall–Kier alpha value is -1.10. The Balaban J connectivity index is 2.27. The number of likely N-dealkylation sites (N-methyl/N-ethyl adjacent to an activating group) is 1. The number of nitrogens with zero attached hydrogens (tertiary/aromatic N) is 1. The topological polar surface area (TPSA) is 75.4 Å². The second-order valence-corrected chi connectivity index (χ2v) is 4.55. The summed E-state index contributed by atoms with van der Waals surface area (Å²) in [7, 11) is 1.75. The summed E-state index contributed by atoms with van der Waals surface area (Å²) in [5.74, 6) is 0.321. The fourth-order valence-corrected chi connectivity index (χ4v) is 1.72. The molecule has 0 radical (unpaired) electrons. The van der Waals surface area contributed by atoms with Crippen LogP contribution in [0.1, 0.15) is 26.2 Å². The highest BCUT2D eigenvalue weighted by Crippen LogP contribution is 2.09. The maximum atomic E-state index is 11.5. The highest BCUT2D eigenvalue weighted by Gasteiger charge is 2.29. The molecule has 16 heavy (non-hydrogen) atoms. The number of carbonyl (C=O) groups excluding carboxylic acids is 2. The molecule has 2 unspecified atom stereocenters. The van der Waals surface area contributed by atoms with E-state index in [9.17, 15) is 9.59 Å². The number of likely N-dealkylation sites (tertiary alicyclic amines) is 1. The van der Waals surface area contributed by atoms with Gasteiger partial charge in [0.2, 0.25) is 11.8 Å². The molecule has 1 aliphatic heterocycles. The van der Waals surface area contributed by atoms with Gasteiger partial charge >= 0.3 is 0 Å². The van der Waals surface area contributed by atoms with Crippen LogP contribution in [0.5, 0.6) is 0 Å². The summed E-state index contributed by atoms with van der Waals surface area (Å²) < 4.78 is 0. The third-order valence-electron chi connectivity index (χ3n) is 3.03. The van der Waals surface area contributed by atoms with Crippen molar-refractivity contribution in [1.82, 2.24) is 10.2 Å². The van der Waals surface area contributed by atoms with Gasteiger partial charge in [-0.3, -0.25) is 9.59 Å². The summed E-state index contributed by atoms with van der Waals surface area (Å²) in [6.45, 7) is 3.34. The molecule has 2 amide bonds. The number of hydrogen-bond acceptors (Lipinski definition) is 3. The summed E-state index contributed by atoms with van der Waals surface area (Å²) >= 11 is 0.